The van der Waals surface area contributed by atoms with Crippen LogP contribution >= 0.6 is 0 Å². The van der Waals surface area contributed by atoms with Gasteiger partial charge in [-0.05, 0) is 0 Å². The van der Waals surface area contributed by atoms with Crippen LogP contribution in [0.4, 0.5) is 0 Å². The molecule has 0 aromatic rings. The van der Waals surface area contributed by atoms with E-state index in [-0.39, 0.29) is 0 Å². The van der Waals surface area contributed by atoms with Crippen molar-refractivity contribution in [3.63, 3.8) is 0 Å². The maximum atomic E-state index is 4.12. The van der Waals surface area contributed by atoms with Crippen molar-refractivity contribution in [2.45, 2.75) is 99.0 Å². The van der Waals surface area contributed by atoms with Gasteiger partial charge in [0.2, 0.25) is 0 Å². The number of hydrogen-bond donors (Lipinski definition) is 0. The molecule has 25 heavy (non-hydrogen) atoms. The second-order valence-electron chi connectivity index (χ2n) is 9.10. The van der Waals surface area contributed by atoms with Crippen LogP contribution in [0.15, 0.2) is 15.9 Å². The molecule has 0 amide bonds. The van der Waals surface area contributed by atoms with Crippen molar-refractivity contribution < 1.29 is 19.6 Å². The summed E-state index contributed by atoms with van der Waals surface area (Å²) in [6, 6.07) is 1.29. The Morgan fingerprint density at radius 3 is 0.960 bits per heavy atom. The van der Waals surface area contributed by atoms with Gasteiger partial charge in [-0.2, -0.15) is 0 Å². The summed E-state index contributed by atoms with van der Waals surface area (Å²) in [4.78, 5) is 0. The molecule has 0 radical (unpaired) electrons. The Bertz CT molecular complexity index is 269. The molecule has 0 saturated heterocycles. The first kappa shape index (κ1) is 32.9. The number of nitrogens with zero attached hydrogens (tertiary/aromatic N) is 3. The van der Waals surface area contributed by atoms with Gasteiger partial charge in [0.15, 0.2) is 0 Å². The molecular weight excluding hydrogens is 510 g/mol. The van der Waals surface area contributed by atoms with Gasteiger partial charge in [-0.25, -0.2) is 12.4 Å². The van der Waals surface area contributed by atoms with Crippen LogP contribution in [0.3, 0.4) is 0 Å². The zero-order valence-corrected chi connectivity index (χ0v) is 24.0. The Morgan fingerprint density at radius 2 is 0.880 bits per heavy atom. The molecule has 0 aromatic carbocycles. The summed E-state index contributed by atoms with van der Waals surface area (Å²) in [6.07, 6.45) is 3.51. The predicted molar refractivity (Wildman–Crippen MR) is 121 cm³/mol. The van der Waals surface area contributed by atoms with Gasteiger partial charge in [0.1, 0.15) is 0 Å². The van der Waals surface area contributed by atoms with E-state index >= 15 is 0 Å². The molecule has 0 aliphatic rings. The zero-order valence-electron chi connectivity index (χ0n) is 19.1. The van der Waals surface area contributed by atoms with E-state index in [0.29, 0.717) is 18.1 Å². The number of hydrogen-bond acceptors (Lipinski definition) is 1. The Labute approximate surface area is 174 Å². The summed E-state index contributed by atoms with van der Waals surface area (Å²) in [5.41, 5.74) is 0. The Morgan fingerprint density at radius 1 is 0.720 bits per heavy atom. The fraction of sp³-hybridized carbons (Fsp3) is 0.789. The third-order valence-corrected chi connectivity index (χ3v) is 2.56. The molecule has 0 heterocycles. The normalized spacial score (nSPS) is 11.1. The molecule has 0 bridgehead atoms. The van der Waals surface area contributed by atoms with Crippen molar-refractivity contribution in [2.75, 3.05) is 0 Å². The van der Waals surface area contributed by atoms with Crippen LogP contribution in [0.1, 0.15) is 41.5 Å². The molecule has 3 nitrogen and oxygen atoms in total. The third kappa shape index (κ3) is 140. The second-order valence-corrected chi connectivity index (χ2v) is 20.1. The molecule has 0 fully saturated rings. The van der Waals surface area contributed by atoms with Gasteiger partial charge in [0.25, 0.3) is 0 Å². The van der Waals surface area contributed by atoms with E-state index < -0.39 is 16.1 Å². The van der Waals surface area contributed by atoms with Crippen molar-refractivity contribution >= 4 is 16.1 Å². The number of rotatable bonds is 5. The van der Waals surface area contributed by atoms with Crippen molar-refractivity contribution in [3.8, 4) is 0 Å². The van der Waals surface area contributed by atoms with E-state index in [4.69, 9.17) is 0 Å². The van der Waals surface area contributed by atoms with E-state index in [1.165, 1.54) is 19.6 Å². The smallest absolute Gasteiger partial charge is 0.0951 e. The van der Waals surface area contributed by atoms with Crippen LogP contribution in [0.2, 0.25) is 39.3 Å². The molecular formula is C19H45N3Si2W-4. The summed E-state index contributed by atoms with van der Waals surface area (Å²) < 4.78 is 3.97. The molecule has 6 heteroatoms. The van der Waals surface area contributed by atoms with E-state index in [0.717, 1.165) is 0 Å². The maximum Gasteiger partial charge on any atom is -0.0951 e. The fourth-order valence-electron chi connectivity index (χ4n) is 0.421. The largest absolute Gasteiger partial charge is 0.342 e. The van der Waals surface area contributed by atoms with Crippen molar-refractivity contribution in [3.05, 3.63) is 36.1 Å². The fourth-order valence-corrected chi connectivity index (χ4v) is 0.421. The summed E-state index contributed by atoms with van der Waals surface area (Å²) in [5.74, 6) is 0. The summed E-state index contributed by atoms with van der Waals surface area (Å²) in [6.45, 7) is 33.4. The summed E-state index contributed by atoms with van der Waals surface area (Å²) in [5, 5.41) is 8.24. The molecule has 0 unspecified atom stereocenters. The second kappa shape index (κ2) is 19.0. The van der Waals surface area contributed by atoms with Crippen molar-refractivity contribution in [2.24, 2.45) is 3.50 Å². The molecule has 0 N–H and O–H groups in total. The van der Waals surface area contributed by atoms with Crippen LogP contribution in [0.25, 0.3) is 10.6 Å². The first-order valence-corrected chi connectivity index (χ1v) is 17.7. The van der Waals surface area contributed by atoms with Crippen LogP contribution in [-0.4, -0.2) is 34.3 Å². The molecule has 0 aliphatic carbocycles. The average molecular weight is 556 g/mol. The Balaban J connectivity index is -0.000000126. The minimum absolute atomic E-state index is 0.374. The molecule has 0 rings (SSSR count). The molecule has 0 spiro atoms. The van der Waals surface area contributed by atoms with E-state index in [2.05, 4.69) is 80.4 Å². The van der Waals surface area contributed by atoms with E-state index in [1.807, 2.05) is 27.7 Å². The van der Waals surface area contributed by atoms with Crippen LogP contribution in [0, 0.1) is 13.1 Å². The quantitative estimate of drug-likeness (QED) is 0.248. The van der Waals surface area contributed by atoms with Crippen LogP contribution < -0.4 is 0 Å². The minimum Gasteiger partial charge on any atom is -0.342 e. The van der Waals surface area contributed by atoms with Gasteiger partial charge >= 0.3 is 43.0 Å². The van der Waals surface area contributed by atoms with Crippen LogP contribution in [0.5, 0.6) is 0 Å². The molecule has 0 aromatic heterocycles. The Hall–Kier alpha value is 0.262. The van der Waals surface area contributed by atoms with Gasteiger partial charge in [-0.1, -0.05) is 67.0 Å². The molecule has 154 valence electrons. The summed E-state index contributed by atoms with van der Waals surface area (Å²) in [7, 11) is -1.72. The van der Waals surface area contributed by atoms with E-state index in [9.17, 15) is 0 Å². The monoisotopic (exact) mass is 555 g/mol. The van der Waals surface area contributed by atoms with Gasteiger partial charge in [-0.15, -0.1) is 28.2 Å². The maximum absolute atomic E-state index is 4.12. The van der Waals surface area contributed by atoms with Crippen molar-refractivity contribution in [1.29, 1.82) is 0 Å². The third-order valence-electron chi connectivity index (χ3n) is 1.05. The topological polar surface area (TPSA) is 40.6 Å². The molecule has 0 saturated carbocycles. The molecule has 0 atom stereocenters. The predicted octanol–water partition coefficient (Wildman–Crippen LogP) is 7.54. The average Bonchev–Trinajstić information content (AvgIpc) is 2.30. The van der Waals surface area contributed by atoms with Gasteiger partial charge in [0, 0.05) is 0 Å². The molecule has 0 aliphatic heterocycles. The minimum atomic E-state index is -0.861. The zero-order chi connectivity index (χ0) is 21.3. The van der Waals surface area contributed by atoms with Gasteiger partial charge in [0.05, 0.1) is 0 Å². The van der Waals surface area contributed by atoms with Crippen LogP contribution in [-0.2, 0) is 19.6 Å². The van der Waals surface area contributed by atoms with Crippen molar-refractivity contribution in [1.82, 2.24) is 0 Å². The standard InChI is InChI=1S/C8H16N2.2C4H11Si.C3H7N.W/c1-7(2)9-5-6-10-8(3)4;2*1-5(2,3)4;1-3(2)4;/h5-8H,1-4H3;2*1H2,2-4H3;3H,1-2H3;/q-2;2*-1;;/b6-5-;;;;. The first-order valence-electron chi connectivity index (χ1n) is 8.98. The van der Waals surface area contributed by atoms with Gasteiger partial charge < -0.3 is 23.7 Å². The van der Waals surface area contributed by atoms with E-state index in [1.54, 1.807) is 12.4 Å². The summed E-state index contributed by atoms with van der Waals surface area (Å²) >= 11 is 1.33. The van der Waals surface area contributed by atoms with Gasteiger partial charge in [-0.3, -0.25) is 0 Å². The SMILES string of the molecule is CC(C)[N-]/C=C\[N-]C(C)C.CC(C)[N]=[W].[CH2-][Si](C)(C)C.[CH2-][Si](C)(C)C. The first-order chi connectivity index (χ1) is 10.9. The Kier molecular flexibility index (Phi) is 25.0.